The molecular weight excluding hydrogens is 793 g/mol. The Morgan fingerprint density at radius 1 is 0.800 bits per heavy atom. The first-order valence-electron chi connectivity index (χ1n) is 19.7. The molecule has 0 saturated heterocycles. The van der Waals surface area contributed by atoms with Crippen LogP contribution in [0, 0.1) is 0 Å². The Kier molecular flexibility index (Phi) is 21.0. The number of rotatable bonds is 18. The third kappa shape index (κ3) is 16.6. The topological polar surface area (TPSA) is 225 Å². The number of carbonyl (C=O) groups is 4. The van der Waals surface area contributed by atoms with Crippen LogP contribution in [0.1, 0.15) is 64.0 Å². The van der Waals surface area contributed by atoms with Gasteiger partial charge in [-0.3, -0.25) is 9.59 Å². The zero-order chi connectivity index (χ0) is 44.0. The fourth-order valence-corrected chi connectivity index (χ4v) is 6.57. The molecule has 0 radical (unpaired) electrons. The van der Waals surface area contributed by atoms with Gasteiger partial charge < -0.3 is 54.9 Å². The van der Waals surface area contributed by atoms with Crippen molar-refractivity contribution in [3.05, 3.63) is 60.4 Å². The number of nitrogens with one attached hydrogen (secondary N) is 4. The minimum atomic E-state index is -0.745. The SMILES string of the molecule is CNC(=O)OC.COC(C)CC(=O)NCCCCc1ncc(-c2ccc3c(c2)Sc2ccc(-c4cnc(CCCCN(C)C(=O)CC(C)OC)[nH]4)cc2O3)[nH]1.COC(N)=O. The molecule has 1 aliphatic heterocycles. The summed E-state index contributed by atoms with van der Waals surface area (Å²) >= 11 is 1.69. The molecule has 17 nitrogen and oxygen atoms in total. The molecule has 2 unspecified atom stereocenters. The summed E-state index contributed by atoms with van der Waals surface area (Å²) < 4.78 is 24.7. The maximum absolute atomic E-state index is 12.3. The number of ether oxygens (including phenoxy) is 5. The molecule has 0 aliphatic carbocycles. The summed E-state index contributed by atoms with van der Waals surface area (Å²) in [4.78, 5) is 63.4. The molecule has 0 saturated carbocycles. The Hall–Kier alpha value is -5.59. The number of hydrogen-bond donors (Lipinski definition) is 5. The Balaban J connectivity index is 0.000000772. The Morgan fingerprint density at radius 2 is 1.38 bits per heavy atom. The highest BCUT2D eigenvalue weighted by molar-refractivity contribution is 7.99. The zero-order valence-corrected chi connectivity index (χ0v) is 36.7. The lowest BCUT2D eigenvalue weighted by atomic mass is 10.1. The maximum Gasteiger partial charge on any atom is 0.406 e. The predicted molar refractivity (Wildman–Crippen MR) is 229 cm³/mol. The minimum absolute atomic E-state index is 0.0191. The molecule has 18 heteroatoms. The molecular formula is C42H60N8O9S. The van der Waals surface area contributed by atoms with Crippen molar-refractivity contribution in [2.24, 2.45) is 5.73 Å². The summed E-state index contributed by atoms with van der Waals surface area (Å²) in [6.07, 6.45) is 8.52. The fourth-order valence-electron chi connectivity index (χ4n) is 5.60. The Labute approximate surface area is 356 Å². The molecule has 60 heavy (non-hydrogen) atoms. The van der Waals surface area contributed by atoms with Crippen LogP contribution in [-0.4, -0.2) is 117 Å². The number of imidazole rings is 2. The first-order chi connectivity index (χ1) is 28.8. The zero-order valence-electron chi connectivity index (χ0n) is 35.8. The van der Waals surface area contributed by atoms with E-state index in [1.807, 2.05) is 39.4 Å². The van der Waals surface area contributed by atoms with Gasteiger partial charge in [0.05, 0.1) is 72.8 Å². The number of unbranched alkanes of at least 4 members (excludes halogenated alkanes) is 2. The highest BCUT2D eigenvalue weighted by Crippen LogP contribution is 2.49. The summed E-state index contributed by atoms with van der Waals surface area (Å²) in [6, 6.07) is 12.5. The summed E-state index contributed by atoms with van der Waals surface area (Å²) in [6.45, 7) is 5.16. The van der Waals surface area contributed by atoms with Gasteiger partial charge in [0.1, 0.15) is 23.1 Å². The van der Waals surface area contributed by atoms with E-state index in [-0.39, 0.29) is 24.0 Å². The molecule has 6 N–H and O–H groups in total. The normalized spacial score (nSPS) is 12.1. The van der Waals surface area contributed by atoms with Gasteiger partial charge in [0.15, 0.2) is 0 Å². The van der Waals surface area contributed by atoms with Crippen molar-refractivity contribution in [3.8, 4) is 34.0 Å². The van der Waals surface area contributed by atoms with E-state index in [1.165, 1.54) is 21.3 Å². The predicted octanol–water partition coefficient (Wildman–Crippen LogP) is 6.48. The molecule has 0 spiro atoms. The van der Waals surface area contributed by atoms with Crippen LogP contribution >= 0.6 is 11.8 Å². The highest BCUT2D eigenvalue weighted by atomic mass is 32.2. The summed E-state index contributed by atoms with van der Waals surface area (Å²) in [7, 11) is 9.14. The van der Waals surface area contributed by atoms with E-state index in [4.69, 9.17) is 14.2 Å². The standard InChI is InChI=1S/C37H48N6O5S.C3H7NO2.C2H5NO2/c1-24(46-4)18-36(44)38-16-8-6-10-34-40-23-29(42-34)27-12-14-30-33(21-27)49-32-15-13-26(20-31(32)48-30)28-22-39-35(41-28)11-7-9-17-43(3)37(45)19-25(2)47-5;1-4-3(5)6-2;1-5-2(3)4/h12-15,20-25H,6-11,16-19H2,1-5H3,(H,38,44)(H,39,41)(H,40,42);1-2H3,(H,4,5);1H3,(H2,3,4). The van der Waals surface area contributed by atoms with Crippen molar-refractivity contribution >= 4 is 35.8 Å². The lowest BCUT2D eigenvalue weighted by Crippen LogP contribution is -2.30. The average molecular weight is 853 g/mol. The lowest BCUT2D eigenvalue weighted by Gasteiger charge is -2.20. The van der Waals surface area contributed by atoms with E-state index in [0.717, 1.165) is 94.0 Å². The molecule has 328 valence electrons. The van der Waals surface area contributed by atoms with Gasteiger partial charge in [-0.2, -0.15) is 0 Å². The molecule has 5 rings (SSSR count). The van der Waals surface area contributed by atoms with Gasteiger partial charge in [0, 0.05) is 65.4 Å². The van der Waals surface area contributed by atoms with Crippen LogP contribution in [0.2, 0.25) is 0 Å². The van der Waals surface area contributed by atoms with Gasteiger partial charge in [0.25, 0.3) is 0 Å². The van der Waals surface area contributed by atoms with E-state index >= 15 is 0 Å². The van der Waals surface area contributed by atoms with Crippen molar-refractivity contribution in [2.75, 3.05) is 55.6 Å². The van der Waals surface area contributed by atoms with Crippen LogP contribution in [-0.2, 0) is 41.4 Å². The largest absolute Gasteiger partial charge is 0.455 e. The molecule has 0 bridgehead atoms. The number of alkyl carbamates (subject to hydrolysis) is 1. The van der Waals surface area contributed by atoms with Gasteiger partial charge in [-0.05, 0) is 69.9 Å². The molecule has 2 aromatic carbocycles. The van der Waals surface area contributed by atoms with Crippen molar-refractivity contribution in [2.45, 2.75) is 87.2 Å². The average Bonchev–Trinajstić information content (AvgIpc) is 3.94. The van der Waals surface area contributed by atoms with Crippen LogP contribution in [0.4, 0.5) is 9.59 Å². The number of H-pyrrole nitrogens is 2. The van der Waals surface area contributed by atoms with Crippen molar-refractivity contribution in [3.63, 3.8) is 0 Å². The van der Waals surface area contributed by atoms with Gasteiger partial charge in [-0.15, -0.1) is 0 Å². The van der Waals surface area contributed by atoms with Crippen molar-refractivity contribution in [1.29, 1.82) is 0 Å². The monoisotopic (exact) mass is 852 g/mol. The molecule has 2 atom stereocenters. The molecule has 4 aromatic rings. The number of aromatic nitrogens is 4. The number of carbonyl (C=O) groups excluding carboxylic acids is 4. The molecule has 1 aliphatic rings. The van der Waals surface area contributed by atoms with Crippen LogP contribution in [0.25, 0.3) is 22.5 Å². The van der Waals surface area contributed by atoms with Crippen molar-refractivity contribution < 1.29 is 42.9 Å². The van der Waals surface area contributed by atoms with Gasteiger partial charge >= 0.3 is 12.2 Å². The number of nitrogens with two attached hydrogens (primary N) is 1. The Morgan fingerprint density at radius 3 is 1.95 bits per heavy atom. The van der Waals surface area contributed by atoms with E-state index < -0.39 is 12.2 Å². The van der Waals surface area contributed by atoms with Gasteiger partial charge in [0.2, 0.25) is 11.8 Å². The molecule has 0 fully saturated rings. The third-order valence-electron chi connectivity index (χ3n) is 9.28. The van der Waals surface area contributed by atoms with Crippen LogP contribution in [0.3, 0.4) is 0 Å². The maximum atomic E-state index is 12.3. The summed E-state index contributed by atoms with van der Waals surface area (Å²) in [5, 5.41) is 5.21. The first-order valence-corrected chi connectivity index (χ1v) is 20.5. The number of fused-ring (bicyclic) bond motifs is 2. The van der Waals surface area contributed by atoms with E-state index in [9.17, 15) is 19.2 Å². The number of aromatic amines is 2. The smallest absolute Gasteiger partial charge is 0.406 e. The van der Waals surface area contributed by atoms with E-state index in [1.54, 1.807) is 30.9 Å². The number of nitrogens with zero attached hydrogens (tertiary/aromatic N) is 3. The molecule has 3 heterocycles. The van der Waals surface area contributed by atoms with Gasteiger partial charge in [-0.1, -0.05) is 17.8 Å². The van der Waals surface area contributed by atoms with Crippen LogP contribution < -0.4 is 21.1 Å². The second-order valence-electron chi connectivity index (χ2n) is 13.9. The molecule has 2 aromatic heterocycles. The number of methoxy groups -OCH3 is 4. The first kappa shape index (κ1) is 48.8. The van der Waals surface area contributed by atoms with Crippen molar-refractivity contribution in [1.82, 2.24) is 35.5 Å². The van der Waals surface area contributed by atoms with Crippen LogP contribution in [0.5, 0.6) is 11.5 Å². The lowest BCUT2D eigenvalue weighted by molar-refractivity contribution is -0.132. The summed E-state index contributed by atoms with van der Waals surface area (Å²) in [5.41, 5.74) is 8.42. The number of aryl methyl sites for hydroxylation is 2. The van der Waals surface area contributed by atoms with Gasteiger partial charge in [-0.25, -0.2) is 19.6 Å². The second kappa shape index (κ2) is 25.8. The van der Waals surface area contributed by atoms with E-state index in [0.29, 0.717) is 25.9 Å². The quantitative estimate of drug-likeness (QED) is 0.0598. The highest BCUT2D eigenvalue weighted by Gasteiger charge is 2.20. The fraction of sp³-hybridized carbons (Fsp3) is 0.476. The van der Waals surface area contributed by atoms with Crippen LogP contribution in [0.15, 0.2) is 58.6 Å². The van der Waals surface area contributed by atoms with E-state index in [2.05, 4.69) is 76.1 Å². The third-order valence-corrected chi connectivity index (χ3v) is 10.4. The Bertz CT molecular complexity index is 1960. The number of benzene rings is 2. The number of hydrogen-bond acceptors (Lipinski definition) is 12. The minimum Gasteiger partial charge on any atom is -0.455 e. The molecule has 4 amide bonds. The second-order valence-corrected chi connectivity index (χ2v) is 14.9. The number of primary amides is 1. The summed E-state index contributed by atoms with van der Waals surface area (Å²) in [5.74, 6) is 3.64. The number of amides is 4.